The molecule has 4 N–H and O–H groups in total. The molecule has 0 radical (unpaired) electrons. The highest BCUT2D eigenvalue weighted by atomic mass is 32.2. The van der Waals surface area contributed by atoms with Gasteiger partial charge < -0.3 is 33.5 Å². The predicted octanol–water partition coefficient (Wildman–Crippen LogP) is 11.0. The Hall–Kier alpha value is -2.44. The first kappa shape index (κ1) is 69.9. The van der Waals surface area contributed by atoms with Crippen LogP contribution in [0, 0.1) is 99.1 Å². The van der Waals surface area contributed by atoms with Crippen molar-refractivity contribution in [2.75, 3.05) is 39.6 Å². The first-order chi connectivity index (χ1) is 42.6. The van der Waals surface area contributed by atoms with Crippen LogP contribution in [0.1, 0.15) is 193 Å². The Morgan fingerprint density at radius 1 is 0.429 bits per heavy atom. The Balaban J connectivity index is 0.000000142. The summed E-state index contributed by atoms with van der Waals surface area (Å²) in [4.78, 5) is 39.1. The summed E-state index contributed by atoms with van der Waals surface area (Å²) in [6, 6.07) is 0. The van der Waals surface area contributed by atoms with E-state index in [-0.39, 0.29) is 84.3 Å². The van der Waals surface area contributed by atoms with Gasteiger partial charge in [0.15, 0.2) is 0 Å². The Morgan fingerprint density at radius 3 is 1.23 bits per heavy atom. The first-order valence-electron chi connectivity index (χ1n) is 33.7. The molecule has 14 bridgehead atoms. The molecule has 0 aromatic carbocycles. The summed E-state index contributed by atoms with van der Waals surface area (Å²) in [7, 11) is -16.7. The maximum Gasteiger partial charge on any atom is 0.392 e. The summed E-state index contributed by atoms with van der Waals surface area (Å²) in [5, 5.41) is -2.57. The highest BCUT2D eigenvalue weighted by molar-refractivity contribution is 7.87. The lowest BCUT2D eigenvalue weighted by Gasteiger charge is -2.60. The SMILES string of the molecule is O=C(OC(COCC(F)(F)S(=O)(=O)O)C12CC3CC(CC(C3)C1)C2)C12CC3CC(C1)C(O)C(C3)C2.O=C(OC(COCC(F)(F)S(=O)(=O)O)C12CC3CC(CC(C3)C1)C2)C1CCCC1.O=C(OC(COCC(F)(F)S(=O)(=O)O)C1CCCCC1)C1CC2CCC1C2. The number of aliphatic hydroxyl groups is 1. The van der Waals surface area contributed by atoms with E-state index in [9.17, 15) is 71.1 Å². The molecule has 16 aliphatic carbocycles. The number of rotatable bonds is 24. The summed E-state index contributed by atoms with van der Waals surface area (Å²) in [5.74, 6) is 3.83. The fourth-order valence-electron chi connectivity index (χ4n) is 21.3. The van der Waals surface area contributed by atoms with Gasteiger partial charge in [0.1, 0.15) is 38.1 Å². The van der Waals surface area contributed by atoms with Crippen LogP contribution in [0.2, 0.25) is 0 Å². The van der Waals surface area contributed by atoms with Gasteiger partial charge in [-0.1, -0.05) is 38.5 Å². The maximum absolute atomic E-state index is 13.9. The van der Waals surface area contributed by atoms with Crippen LogP contribution >= 0.6 is 0 Å². The lowest BCUT2D eigenvalue weighted by atomic mass is 9.47. The van der Waals surface area contributed by atoms with Gasteiger partial charge in [-0.15, -0.1) is 0 Å². The van der Waals surface area contributed by atoms with Gasteiger partial charge in [-0.3, -0.25) is 28.0 Å². The Kier molecular flexibility index (Phi) is 20.6. The summed E-state index contributed by atoms with van der Waals surface area (Å²) >= 11 is 0. The molecule has 16 rings (SSSR count). The lowest BCUT2D eigenvalue weighted by Crippen LogP contribution is -2.59. The number of hydrogen-bond donors (Lipinski definition) is 4. The third-order valence-corrected chi connectivity index (χ3v) is 27.3. The van der Waals surface area contributed by atoms with Gasteiger partial charge in [-0.05, 0) is 225 Å². The molecule has 28 heteroatoms. The van der Waals surface area contributed by atoms with Gasteiger partial charge in [-0.2, -0.15) is 51.6 Å². The Bertz CT molecular complexity index is 2870. The summed E-state index contributed by atoms with van der Waals surface area (Å²) in [6.45, 7) is -5.25. The van der Waals surface area contributed by atoms with Crippen LogP contribution in [0.3, 0.4) is 0 Å². The van der Waals surface area contributed by atoms with Crippen molar-refractivity contribution in [1.82, 2.24) is 0 Å². The molecule has 0 heterocycles. The van der Waals surface area contributed by atoms with E-state index in [1.54, 1.807) is 0 Å². The molecule has 16 saturated carbocycles. The zero-order valence-corrected chi connectivity index (χ0v) is 54.2. The highest BCUT2D eigenvalue weighted by Crippen LogP contribution is 2.65. The highest BCUT2D eigenvalue weighted by Gasteiger charge is 2.62. The maximum atomic E-state index is 13.9. The summed E-state index contributed by atoms with van der Waals surface area (Å²) < 4.78 is 206. The second kappa shape index (κ2) is 26.8. The second-order valence-corrected chi connectivity index (χ2v) is 35.8. The van der Waals surface area contributed by atoms with E-state index < -0.39 is 89.7 Å². The molecule has 19 nitrogen and oxygen atoms in total. The van der Waals surface area contributed by atoms with Crippen LogP contribution < -0.4 is 0 Å². The molecule has 0 amide bonds. The third-order valence-electron chi connectivity index (χ3n) is 24.6. The fraction of sp³-hybridized carbons (Fsp3) is 0.952. The van der Waals surface area contributed by atoms with Crippen molar-refractivity contribution in [2.45, 2.75) is 233 Å². The van der Waals surface area contributed by atoms with Gasteiger partial charge in [0.2, 0.25) is 0 Å². The van der Waals surface area contributed by atoms with Gasteiger partial charge in [0, 0.05) is 10.8 Å². The number of ether oxygens (including phenoxy) is 6. The Morgan fingerprint density at radius 2 is 0.824 bits per heavy atom. The number of carbonyl (C=O) groups excluding carboxylic acids is 3. The minimum Gasteiger partial charge on any atom is -0.459 e. The van der Waals surface area contributed by atoms with Crippen LogP contribution in [0.15, 0.2) is 0 Å². The standard InChI is InChI=1S/C25H36F2O7S.C20H30F2O6S.C18H28F2O6S/c26-25(27,35(30,31)32)13-33-12-20(23-6-14-1-15(7-23)3-16(2-14)8-23)34-22(29)24-9-17-4-18(10-24)21(28)19(5-17)11-24;21-20(22,29(24,25)26)12-27-11-17(28-18(23)16-3-1-2-4-16)19-8-13-5-14(9-19)7-15(6-13)10-19;19-18(20,27(22,23)24)11-25-10-16(13-4-2-1-3-5-13)26-17(21)15-9-12-6-7-14(15)8-12/h14-21,28H,1-13H2,(H,30,31,32);13-17H,1-12H2,(H,24,25,26);12-16H,1-11H2,(H,22,23,24). The lowest BCUT2D eigenvalue weighted by molar-refractivity contribution is -0.211. The van der Waals surface area contributed by atoms with Crippen LogP contribution in [0.5, 0.6) is 0 Å². The second-order valence-electron chi connectivity index (χ2n) is 31.1. The first-order valence-corrected chi connectivity index (χ1v) is 38.0. The zero-order chi connectivity index (χ0) is 65.3. The van der Waals surface area contributed by atoms with E-state index in [1.165, 1.54) is 19.3 Å². The molecule has 0 aliphatic heterocycles. The van der Waals surface area contributed by atoms with Crippen molar-refractivity contribution >= 4 is 48.3 Å². The minimum atomic E-state index is -5.59. The van der Waals surface area contributed by atoms with Crippen LogP contribution in [0.4, 0.5) is 26.3 Å². The average molecular weight is 1370 g/mol. The van der Waals surface area contributed by atoms with E-state index in [0.717, 1.165) is 161 Å². The monoisotopic (exact) mass is 1360 g/mol. The van der Waals surface area contributed by atoms with Crippen molar-refractivity contribution in [2.24, 2.45) is 99.1 Å². The van der Waals surface area contributed by atoms with Crippen molar-refractivity contribution in [3.05, 3.63) is 0 Å². The molecule has 91 heavy (non-hydrogen) atoms. The van der Waals surface area contributed by atoms with Crippen LogP contribution in [-0.4, -0.2) is 142 Å². The molecule has 0 aromatic rings. The topological polar surface area (TPSA) is 290 Å². The van der Waals surface area contributed by atoms with E-state index in [4.69, 9.17) is 42.1 Å². The van der Waals surface area contributed by atoms with Crippen molar-refractivity contribution < 1.29 is 113 Å². The third kappa shape index (κ3) is 15.3. The van der Waals surface area contributed by atoms with E-state index >= 15 is 0 Å². The van der Waals surface area contributed by atoms with Crippen molar-refractivity contribution in [3.8, 4) is 0 Å². The van der Waals surface area contributed by atoms with E-state index in [0.29, 0.717) is 66.1 Å². The molecule has 0 aromatic heterocycles. The van der Waals surface area contributed by atoms with Crippen LogP contribution in [0.25, 0.3) is 0 Å². The molecule has 0 spiro atoms. The smallest absolute Gasteiger partial charge is 0.392 e. The summed E-state index contributed by atoms with van der Waals surface area (Å²) in [5.41, 5.74) is -1.23. The number of carbonyl (C=O) groups is 3. The molecule has 520 valence electrons. The number of fused-ring (bicyclic) bond motifs is 2. The average Bonchev–Trinajstić information content (AvgIpc) is 1.34. The fourth-order valence-corrected chi connectivity index (χ4v) is 22.0. The minimum absolute atomic E-state index is 0.0284. The molecule has 0 saturated heterocycles. The normalized spacial score (nSPS) is 38.4. The molecular formula is C63H94F6O19S3. The van der Waals surface area contributed by atoms with Gasteiger partial charge in [0.05, 0.1) is 43.2 Å². The number of hydrogen-bond acceptors (Lipinski definition) is 16. The summed E-state index contributed by atoms with van der Waals surface area (Å²) in [6.07, 6.45) is 26.1. The molecular weight excluding hydrogens is 1270 g/mol. The number of halogens is 6. The quantitative estimate of drug-likeness (QED) is 0.0302. The van der Waals surface area contributed by atoms with E-state index in [2.05, 4.69) is 0 Å². The number of aliphatic hydroxyl groups excluding tert-OH is 1. The van der Waals surface area contributed by atoms with Crippen LogP contribution in [-0.2, 0) is 73.2 Å². The Labute approximate surface area is 530 Å². The largest absolute Gasteiger partial charge is 0.459 e. The molecule has 16 aliphatic rings. The van der Waals surface area contributed by atoms with Gasteiger partial charge in [0.25, 0.3) is 0 Å². The van der Waals surface area contributed by atoms with Crippen molar-refractivity contribution in [1.29, 1.82) is 0 Å². The predicted molar refractivity (Wildman–Crippen MR) is 312 cm³/mol. The van der Waals surface area contributed by atoms with E-state index in [1.807, 2.05) is 0 Å². The molecule has 8 unspecified atom stereocenters. The molecule has 8 atom stereocenters. The van der Waals surface area contributed by atoms with Crippen molar-refractivity contribution in [3.63, 3.8) is 0 Å². The number of alkyl halides is 6. The number of esters is 3. The van der Waals surface area contributed by atoms with Gasteiger partial charge in [-0.25, -0.2) is 0 Å². The zero-order valence-electron chi connectivity index (χ0n) is 51.8. The van der Waals surface area contributed by atoms with Gasteiger partial charge >= 0.3 is 64.0 Å². The molecule has 16 fully saturated rings.